The first-order valence-corrected chi connectivity index (χ1v) is 38.6. The maximum atomic E-state index is 13.8. The summed E-state index contributed by atoms with van der Waals surface area (Å²) in [6.07, 6.45) is 10.9. The van der Waals surface area contributed by atoms with Crippen molar-refractivity contribution in [2.75, 3.05) is 138 Å². The first-order valence-electron chi connectivity index (χ1n) is 38.6. The Morgan fingerprint density at radius 1 is 0.716 bits per heavy atom. The zero-order valence-electron chi connectivity index (χ0n) is 64.3. The van der Waals surface area contributed by atoms with Gasteiger partial charge < -0.3 is 71.8 Å². The van der Waals surface area contributed by atoms with E-state index >= 15 is 0 Å². The molecule has 598 valence electrons. The fourth-order valence-corrected chi connectivity index (χ4v) is 13.7. The van der Waals surface area contributed by atoms with Gasteiger partial charge >= 0.3 is 12.1 Å². The Hall–Kier alpha value is -8.26. The lowest BCUT2D eigenvalue weighted by Crippen LogP contribution is -2.47. The fraction of sp³-hybridized carbons (Fsp3) is 0.625. The minimum absolute atomic E-state index is 0.0274. The summed E-state index contributed by atoms with van der Waals surface area (Å²) in [4.78, 5) is 120. The number of hydrogen-bond donors (Lipinski definition) is 2. The zero-order chi connectivity index (χ0) is 77.9. The molecule has 9 rings (SSSR count). The molecule has 2 fully saturated rings. The predicted molar refractivity (Wildman–Crippen MR) is 399 cm³/mol. The van der Waals surface area contributed by atoms with Crippen LogP contribution < -0.4 is 10.9 Å². The van der Waals surface area contributed by atoms with Gasteiger partial charge in [-0.1, -0.05) is 64.3 Å². The van der Waals surface area contributed by atoms with Gasteiger partial charge in [0.2, 0.25) is 17.4 Å². The highest BCUT2D eigenvalue weighted by molar-refractivity contribution is 6.03. The predicted octanol–water partition coefficient (Wildman–Crippen LogP) is 8.98. The van der Waals surface area contributed by atoms with Crippen molar-refractivity contribution in [3.63, 3.8) is 0 Å². The van der Waals surface area contributed by atoms with Gasteiger partial charge in [-0.05, 0) is 112 Å². The second-order valence-electron chi connectivity index (χ2n) is 27.8. The van der Waals surface area contributed by atoms with Crippen LogP contribution in [0.1, 0.15) is 158 Å². The van der Waals surface area contributed by atoms with Crippen LogP contribution in [0.3, 0.4) is 0 Å². The average Bonchev–Trinajstić information content (AvgIpc) is 1.63. The third-order valence-corrected chi connectivity index (χ3v) is 19.9. The maximum absolute atomic E-state index is 13.8. The monoisotopic (exact) mass is 1520 g/mol. The van der Waals surface area contributed by atoms with Gasteiger partial charge in [-0.3, -0.25) is 38.5 Å². The van der Waals surface area contributed by atoms with Crippen molar-refractivity contribution >= 4 is 63.7 Å². The lowest BCUT2D eigenvalue weighted by molar-refractivity contribution is -0.175. The van der Waals surface area contributed by atoms with Crippen LogP contribution in [0.15, 0.2) is 59.5 Å². The number of anilines is 1. The number of fused-ring (bicyclic) bond motifs is 5. The normalized spacial score (nSPS) is 17.5. The quantitative estimate of drug-likeness (QED) is 0.0204. The molecule has 29 nitrogen and oxygen atoms in total. The van der Waals surface area contributed by atoms with Gasteiger partial charge in [0.1, 0.15) is 43.7 Å². The molecule has 1 aliphatic carbocycles. The van der Waals surface area contributed by atoms with Crippen LogP contribution in [0, 0.1) is 23.7 Å². The number of phenolic OH excluding ortho intramolecular Hbond substituents is 1. The smallest absolute Gasteiger partial charge is 0.508 e. The Labute approximate surface area is 637 Å². The number of likely N-dealkylation sites (tertiary alicyclic amines) is 1. The molecule has 5 aromatic rings. The number of phenols is 1. The summed E-state index contributed by atoms with van der Waals surface area (Å²) in [6, 6.07) is 14.0. The largest absolute Gasteiger partial charge is 0.510 e. The molecule has 2 aromatic carbocycles. The maximum Gasteiger partial charge on any atom is 0.510 e. The molecule has 3 atom stereocenters. The Morgan fingerprint density at radius 2 is 1.34 bits per heavy atom. The number of cyclic esters (lactones) is 1. The van der Waals surface area contributed by atoms with Crippen molar-refractivity contribution in [1.82, 2.24) is 29.4 Å². The van der Waals surface area contributed by atoms with Crippen LogP contribution in [0.2, 0.25) is 0 Å². The molecule has 3 unspecified atom stereocenters. The van der Waals surface area contributed by atoms with Crippen LogP contribution in [0.25, 0.3) is 22.3 Å². The van der Waals surface area contributed by atoms with E-state index in [9.17, 15) is 48.3 Å². The third kappa shape index (κ3) is 26.5. The van der Waals surface area contributed by atoms with Gasteiger partial charge in [-0.15, -0.1) is 5.10 Å². The van der Waals surface area contributed by atoms with Gasteiger partial charge in [-0.2, -0.15) is 0 Å². The molecule has 3 aliphatic heterocycles. The van der Waals surface area contributed by atoms with E-state index in [4.69, 9.17) is 61.8 Å². The molecule has 6 heterocycles. The third-order valence-electron chi connectivity index (χ3n) is 19.9. The number of carbonyl (C=O) groups excluding carboxylic acids is 8. The molecular formula is C80H111N7O22. The summed E-state index contributed by atoms with van der Waals surface area (Å²) in [5, 5.41) is 22.3. The van der Waals surface area contributed by atoms with Crippen LogP contribution in [0.5, 0.6) is 5.75 Å². The number of aromatic hydroxyl groups is 1. The molecular weight excluding hydrogens is 1410 g/mol. The van der Waals surface area contributed by atoms with Crippen LogP contribution in [-0.2, 0) is 135 Å². The van der Waals surface area contributed by atoms with E-state index in [-0.39, 0.29) is 120 Å². The van der Waals surface area contributed by atoms with E-state index in [1.807, 2.05) is 37.4 Å². The Morgan fingerprint density at radius 3 is 1.93 bits per heavy atom. The number of pyridine rings is 2. The molecule has 1 saturated carbocycles. The van der Waals surface area contributed by atoms with E-state index in [0.29, 0.717) is 187 Å². The van der Waals surface area contributed by atoms with Crippen LogP contribution in [0.4, 0.5) is 10.5 Å². The number of aromatic nitrogens is 5. The number of aryl methyl sites for hydroxylation is 2. The van der Waals surface area contributed by atoms with Crippen molar-refractivity contribution in [3.05, 3.63) is 98.6 Å². The lowest BCUT2D eigenvalue weighted by atomic mass is 9.79. The number of ketones is 4. The number of nitrogens with one attached hydrogen (secondary N) is 1. The number of esters is 1. The second-order valence-corrected chi connectivity index (χ2v) is 27.8. The molecule has 2 amide bonds. The number of Topliss-reactive ketones (excluding diaryl/α,β-unsaturated/α-hetero) is 4. The highest BCUT2D eigenvalue weighted by Crippen LogP contribution is 2.43. The summed E-state index contributed by atoms with van der Waals surface area (Å²) in [7, 11) is 1.81. The van der Waals surface area contributed by atoms with Crippen molar-refractivity contribution in [3.8, 4) is 17.1 Å². The lowest BCUT2D eigenvalue weighted by Gasteiger charge is -2.35. The number of unbranched alkanes of at least 4 members (excludes halogenated alkanes) is 2. The van der Waals surface area contributed by atoms with E-state index in [1.165, 1.54) is 11.8 Å². The van der Waals surface area contributed by atoms with Gasteiger partial charge in [0.25, 0.3) is 5.56 Å². The standard InChI is InChI=1S/C49H82N4O15.C31H29N3O7/c1-4-5-6-8-43(40(3)54)34-46(56)38-68-37-45(55)9-7-17-60-19-21-62-23-25-64-27-29-66-31-32-67-30-28-65-26-24-63-22-20-61-18-16-52-36-44(50-51-52)14-15-47(57)42-12-10-41(11-13-42)35-53-48(58)33-39(2)49(53)59;1-4-20-21-12-19(35)10-11-25(21)33-27-22(20)14-34-26(27)13-24-23(28(34)36)16-39-29(37)31(24,5-2)41-30(38)40-15-17-6-8-18(32-3)9-7-17/h36,39,41-43H,4-35,37-38H2,1-3H3;6-13,32,35H,4-5,14-16H2,1-3H3. The Balaban J connectivity index is 0.000000307. The summed E-state index contributed by atoms with van der Waals surface area (Å²) < 4.78 is 69.4. The van der Waals surface area contributed by atoms with Crippen molar-refractivity contribution in [1.29, 1.82) is 0 Å². The average molecular weight is 1520 g/mol. The molecule has 0 spiro atoms. The van der Waals surface area contributed by atoms with Gasteiger partial charge in [-0.25, -0.2) is 19.3 Å². The fourth-order valence-electron chi connectivity index (χ4n) is 13.7. The topological polar surface area (TPSA) is 348 Å². The minimum Gasteiger partial charge on any atom is -0.508 e. The van der Waals surface area contributed by atoms with Crippen LogP contribution in [-0.4, -0.2) is 214 Å². The molecule has 3 aromatic heterocycles. The Kier molecular flexibility index (Phi) is 36.3. The number of carbonyl (C=O) groups is 8. The van der Waals surface area contributed by atoms with Crippen molar-refractivity contribution in [2.24, 2.45) is 23.7 Å². The number of benzene rings is 2. The number of imide groups is 1. The van der Waals surface area contributed by atoms with Crippen LogP contribution >= 0.6 is 0 Å². The molecule has 29 heteroatoms. The SMILES string of the molecule is CCCCCC(CC(=O)COCC(=O)CCCOCCOCCOCCOCCOCCOCCOCCOCCn1cc(CCC(=O)C2CCC(CN3C(=O)CC(C)C3=O)CC2)nn1)C(C)=O.CCc1c2c(nc3ccc(O)cc13)-c1cc3c(c(=O)n1C2)COC(=O)C3(CC)OC(=O)OCc1ccc(NC)cc1. The molecule has 1 saturated heterocycles. The minimum atomic E-state index is -1.85. The number of rotatable bonds is 51. The van der Waals surface area contributed by atoms with Gasteiger partial charge in [0.15, 0.2) is 11.6 Å². The highest BCUT2D eigenvalue weighted by Gasteiger charge is 2.51. The van der Waals surface area contributed by atoms with E-state index < -0.39 is 17.7 Å². The number of nitrogens with zero attached hydrogens (tertiary/aromatic N) is 6. The second kappa shape index (κ2) is 45.8. The molecule has 4 aliphatic rings. The van der Waals surface area contributed by atoms with E-state index in [0.717, 1.165) is 78.4 Å². The first kappa shape index (κ1) is 86.3. The number of amides is 2. The first-order chi connectivity index (χ1) is 52.9. The summed E-state index contributed by atoms with van der Waals surface area (Å²) in [5.41, 5.74) is 4.47. The molecule has 2 N–H and O–H groups in total. The zero-order valence-corrected chi connectivity index (χ0v) is 64.3. The van der Waals surface area contributed by atoms with E-state index in [1.54, 1.807) is 54.4 Å². The Bertz CT molecular complexity index is 3830. The number of ether oxygens (including phenoxy) is 12. The molecule has 109 heavy (non-hydrogen) atoms. The summed E-state index contributed by atoms with van der Waals surface area (Å²) in [5.74, 6) is -0.883. The molecule has 0 bridgehead atoms. The van der Waals surface area contributed by atoms with Gasteiger partial charge in [0.05, 0.1) is 140 Å². The van der Waals surface area contributed by atoms with E-state index in [2.05, 4.69) is 22.6 Å². The van der Waals surface area contributed by atoms with Crippen molar-refractivity contribution < 1.29 is 100 Å². The highest BCUT2D eigenvalue weighted by atomic mass is 16.7. The summed E-state index contributed by atoms with van der Waals surface area (Å²) in [6.45, 7) is 17.1. The molecule has 0 radical (unpaired) electrons. The van der Waals surface area contributed by atoms with Gasteiger partial charge in [0, 0.05) is 98.5 Å². The number of hydrogen-bond acceptors (Lipinski definition) is 26. The summed E-state index contributed by atoms with van der Waals surface area (Å²) >= 11 is 0. The van der Waals surface area contributed by atoms with Crippen molar-refractivity contribution in [2.45, 2.75) is 169 Å².